The van der Waals surface area contributed by atoms with Crippen molar-refractivity contribution in [3.05, 3.63) is 81.5 Å². The number of allylic oxidation sites excluding steroid dienone is 1. The van der Waals surface area contributed by atoms with Crippen molar-refractivity contribution in [3.63, 3.8) is 0 Å². The SMILES string of the molecule is O=C(O)c1ccc2nc(N3CCC(/C=C/c4c(-c5c(Cl)cccc5Cl)noc4C4CC4)CC3)ccc2c1. The lowest BCUT2D eigenvalue weighted by Crippen LogP contribution is -2.33. The molecule has 0 radical (unpaired) electrons. The van der Waals surface area contributed by atoms with Crippen LogP contribution in [0.1, 0.15) is 53.3 Å². The number of piperidine rings is 1. The van der Waals surface area contributed by atoms with E-state index in [1.54, 1.807) is 18.2 Å². The number of pyridine rings is 1. The quantitative estimate of drug-likeness (QED) is 0.273. The Labute approximate surface area is 224 Å². The Morgan fingerprint density at radius 2 is 1.78 bits per heavy atom. The zero-order valence-corrected chi connectivity index (χ0v) is 21.5. The van der Waals surface area contributed by atoms with Gasteiger partial charge in [-0.25, -0.2) is 9.78 Å². The Morgan fingerprint density at radius 1 is 1.03 bits per heavy atom. The monoisotopic (exact) mass is 533 g/mol. The lowest BCUT2D eigenvalue weighted by atomic mass is 9.94. The number of anilines is 1. The minimum atomic E-state index is -0.932. The molecular weight excluding hydrogens is 509 g/mol. The summed E-state index contributed by atoms with van der Waals surface area (Å²) in [6, 6.07) is 14.4. The first-order valence-electron chi connectivity index (χ1n) is 12.5. The molecule has 1 saturated heterocycles. The third-order valence-corrected chi connectivity index (χ3v) is 7.85. The molecule has 2 aromatic heterocycles. The average molecular weight is 534 g/mol. The van der Waals surface area contributed by atoms with Crippen molar-refractivity contribution in [3.8, 4) is 11.3 Å². The number of carbonyl (C=O) groups is 1. The third-order valence-electron chi connectivity index (χ3n) is 7.22. The molecule has 0 spiro atoms. The summed E-state index contributed by atoms with van der Waals surface area (Å²) < 4.78 is 5.79. The van der Waals surface area contributed by atoms with E-state index >= 15 is 0 Å². The molecule has 0 unspecified atom stereocenters. The van der Waals surface area contributed by atoms with Gasteiger partial charge in [0.2, 0.25) is 0 Å². The van der Waals surface area contributed by atoms with Crippen LogP contribution in [0.25, 0.3) is 28.2 Å². The molecule has 2 aliphatic rings. The van der Waals surface area contributed by atoms with Gasteiger partial charge < -0.3 is 14.5 Å². The molecule has 1 aliphatic heterocycles. The number of benzene rings is 2. The van der Waals surface area contributed by atoms with Gasteiger partial charge in [-0.05, 0) is 74.1 Å². The molecule has 4 aromatic rings. The van der Waals surface area contributed by atoms with Crippen LogP contribution in [0, 0.1) is 5.92 Å². The van der Waals surface area contributed by atoms with Crippen LogP contribution in [-0.2, 0) is 0 Å². The second kappa shape index (κ2) is 9.84. The molecule has 188 valence electrons. The Hall–Kier alpha value is -3.35. The second-order valence-corrected chi connectivity index (χ2v) is 10.6. The van der Waals surface area contributed by atoms with Gasteiger partial charge in [-0.2, -0.15) is 0 Å². The van der Waals surface area contributed by atoms with Crippen LogP contribution in [0.4, 0.5) is 5.82 Å². The maximum absolute atomic E-state index is 11.2. The maximum atomic E-state index is 11.2. The van der Waals surface area contributed by atoms with Crippen LogP contribution in [0.3, 0.4) is 0 Å². The highest BCUT2D eigenvalue weighted by Gasteiger charge is 2.32. The smallest absolute Gasteiger partial charge is 0.335 e. The molecule has 0 bridgehead atoms. The molecule has 3 heterocycles. The summed E-state index contributed by atoms with van der Waals surface area (Å²) in [5.74, 6) is 1.74. The van der Waals surface area contributed by atoms with E-state index in [4.69, 9.17) is 32.7 Å². The van der Waals surface area contributed by atoms with E-state index < -0.39 is 5.97 Å². The molecule has 6 rings (SSSR count). The third kappa shape index (κ3) is 4.83. The highest BCUT2D eigenvalue weighted by Crippen LogP contribution is 2.46. The van der Waals surface area contributed by atoms with Crippen molar-refractivity contribution in [1.29, 1.82) is 0 Å². The molecule has 1 aliphatic carbocycles. The lowest BCUT2D eigenvalue weighted by molar-refractivity contribution is 0.0697. The van der Waals surface area contributed by atoms with E-state index in [1.807, 2.05) is 30.3 Å². The van der Waals surface area contributed by atoms with E-state index in [0.717, 1.165) is 66.8 Å². The van der Waals surface area contributed by atoms with Gasteiger partial charge in [-0.15, -0.1) is 0 Å². The molecule has 6 nitrogen and oxygen atoms in total. The summed E-state index contributed by atoms with van der Waals surface area (Å²) in [6.07, 6.45) is 8.64. The minimum absolute atomic E-state index is 0.271. The van der Waals surface area contributed by atoms with Crippen LogP contribution in [0.15, 0.2) is 59.1 Å². The predicted molar refractivity (Wildman–Crippen MR) is 147 cm³/mol. The Kier molecular flexibility index (Phi) is 6.39. The number of aromatic carboxylic acids is 1. The highest BCUT2D eigenvalue weighted by molar-refractivity contribution is 6.39. The average Bonchev–Trinajstić information content (AvgIpc) is 3.67. The maximum Gasteiger partial charge on any atom is 0.335 e. The number of carboxylic acid groups (broad SMARTS) is 1. The summed E-state index contributed by atoms with van der Waals surface area (Å²) in [6.45, 7) is 1.78. The summed E-state index contributed by atoms with van der Waals surface area (Å²) in [4.78, 5) is 18.3. The normalized spacial score (nSPS) is 16.6. The molecule has 2 fully saturated rings. The van der Waals surface area contributed by atoms with Crippen molar-refractivity contribution in [2.45, 2.75) is 31.6 Å². The van der Waals surface area contributed by atoms with Crippen molar-refractivity contribution in [2.24, 2.45) is 5.92 Å². The van der Waals surface area contributed by atoms with Gasteiger partial charge >= 0.3 is 5.97 Å². The van der Waals surface area contributed by atoms with Crippen LogP contribution < -0.4 is 4.90 Å². The van der Waals surface area contributed by atoms with Crippen LogP contribution in [-0.4, -0.2) is 34.3 Å². The van der Waals surface area contributed by atoms with Crippen molar-refractivity contribution in [2.75, 3.05) is 18.0 Å². The first kappa shape index (κ1) is 24.0. The Balaban J connectivity index is 1.18. The van der Waals surface area contributed by atoms with Crippen molar-refractivity contribution in [1.82, 2.24) is 10.1 Å². The number of carboxylic acids is 1. The molecule has 37 heavy (non-hydrogen) atoms. The van der Waals surface area contributed by atoms with Crippen LogP contribution in [0.5, 0.6) is 0 Å². The zero-order valence-electron chi connectivity index (χ0n) is 20.0. The van der Waals surface area contributed by atoms with E-state index in [0.29, 0.717) is 33.1 Å². The molecule has 1 N–H and O–H groups in total. The number of hydrogen-bond donors (Lipinski definition) is 1. The van der Waals surface area contributed by atoms with Crippen LogP contribution >= 0.6 is 23.2 Å². The van der Waals surface area contributed by atoms with Crippen molar-refractivity contribution < 1.29 is 14.4 Å². The van der Waals surface area contributed by atoms with Crippen molar-refractivity contribution >= 4 is 52.0 Å². The van der Waals surface area contributed by atoms with Gasteiger partial charge in [0.25, 0.3) is 0 Å². The number of rotatable bonds is 6. The number of fused-ring (bicyclic) bond motifs is 1. The lowest BCUT2D eigenvalue weighted by Gasteiger charge is -2.31. The topological polar surface area (TPSA) is 79.5 Å². The predicted octanol–water partition coefficient (Wildman–Crippen LogP) is 7.70. The van der Waals surface area contributed by atoms with Crippen LogP contribution in [0.2, 0.25) is 10.0 Å². The fraction of sp³-hybridized carbons (Fsp3) is 0.276. The van der Waals surface area contributed by atoms with Gasteiger partial charge in [0, 0.05) is 35.5 Å². The highest BCUT2D eigenvalue weighted by atomic mass is 35.5. The van der Waals surface area contributed by atoms with E-state index in [2.05, 4.69) is 22.2 Å². The molecule has 0 atom stereocenters. The van der Waals surface area contributed by atoms with Gasteiger partial charge in [0.05, 0.1) is 21.1 Å². The first-order chi connectivity index (χ1) is 18.0. The zero-order chi connectivity index (χ0) is 25.5. The fourth-order valence-corrected chi connectivity index (χ4v) is 5.57. The fourth-order valence-electron chi connectivity index (χ4n) is 4.99. The van der Waals surface area contributed by atoms with Gasteiger partial charge in [0.1, 0.15) is 17.3 Å². The van der Waals surface area contributed by atoms with Gasteiger partial charge in [0.15, 0.2) is 0 Å². The molecule has 2 aromatic carbocycles. The molecule has 0 amide bonds. The summed E-state index contributed by atoms with van der Waals surface area (Å²) in [7, 11) is 0. The first-order valence-corrected chi connectivity index (χ1v) is 13.2. The second-order valence-electron chi connectivity index (χ2n) is 9.75. The van der Waals surface area contributed by atoms with Gasteiger partial charge in [-0.1, -0.05) is 46.6 Å². The Morgan fingerprint density at radius 3 is 2.49 bits per heavy atom. The molecule has 1 saturated carbocycles. The number of nitrogens with zero attached hydrogens (tertiary/aromatic N) is 3. The van der Waals surface area contributed by atoms with E-state index in [9.17, 15) is 9.90 Å². The number of halogens is 2. The van der Waals surface area contributed by atoms with E-state index in [1.165, 1.54) is 0 Å². The number of aromatic nitrogens is 2. The summed E-state index contributed by atoms with van der Waals surface area (Å²) >= 11 is 13.0. The summed E-state index contributed by atoms with van der Waals surface area (Å²) in [5.41, 5.74) is 3.48. The minimum Gasteiger partial charge on any atom is -0.478 e. The van der Waals surface area contributed by atoms with Gasteiger partial charge in [-0.3, -0.25) is 0 Å². The number of hydrogen-bond acceptors (Lipinski definition) is 5. The molecular formula is C29H25Cl2N3O3. The standard InChI is InChI=1S/C29H25Cl2N3O3/c30-22-2-1-3-23(31)26(22)27-21(28(37-33-27)18-5-6-18)9-4-17-12-14-34(15-13-17)25-11-8-19-16-20(29(35)36)7-10-24(19)32-25/h1-4,7-11,16-18H,5-6,12-15H2,(H,35,36)/b9-4+. The van der Waals surface area contributed by atoms with E-state index in [-0.39, 0.29) is 5.56 Å². The summed E-state index contributed by atoms with van der Waals surface area (Å²) in [5, 5.41) is 15.6. The Bertz CT molecular complexity index is 1500. The largest absolute Gasteiger partial charge is 0.478 e. The molecule has 8 heteroatoms.